The highest BCUT2D eigenvalue weighted by Gasteiger charge is 2.18. The fraction of sp³-hybridized carbons (Fsp3) is 0.429. The first-order valence-corrected chi connectivity index (χ1v) is 6.46. The quantitative estimate of drug-likeness (QED) is 0.916. The van der Waals surface area contributed by atoms with Crippen molar-refractivity contribution in [1.82, 2.24) is 14.8 Å². The molecular formula is C14H21N5. The van der Waals surface area contributed by atoms with Gasteiger partial charge in [0.15, 0.2) is 5.82 Å². The maximum atomic E-state index is 6.15. The van der Waals surface area contributed by atoms with Gasteiger partial charge in [0.05, 0.1) is 23.6 Å². The molecule has 0 saturated carbocycles. The third-order valence-corrected chi connectivity index (χ3v) is 3.08. The third-order valence-electron chi connectivity index (χ3n) is 3.08. The van der Waals surface area contributed by atoms with Crippen LogP contribution in [0.1, 0.15) is 31.3 Å². The summed E-state index contributed by atoms with van der Waals surface area (Å²) in [6.07, 6.45) is 1.80. The molecule has 0 aromatic carbocycles. The van der Waals surface area contributed by atoms with E-state index in [-0.39, 0.29) is 6.04 Å². The van der Waals surface area contributed by atoms with Gasteiger partial charge in [-0.1, -0.05) is 6.07 Å². The third kappa shape index (κ3) is 2.70. The highest BCUT2D eigenvalue weighted by Crippen LogP contribution is 2.29. The summed E-state index contributed by atoms with van der Waals surface area (Å²) in [6, 6.07) is 6.19. The summed E-state index contributed by atoms with van der Waals surface area (Å²) in [4.78, 5) is 6.44. The Morgan fingerprint density at radius 3 is 2.68 bits per heavy atom. The zero-order chi connectivity index (χ0) is 14.0. The molecule has 0 atom stereocenters. The molecule has 2 heterocycles. The summed E-state index contributed by atoms with van der Waals surface area (Å²) >= 11 is 0. The average Bonchev–Trinajstić information content (AvgIpc) is 2.67. The number of nitrogens with zero attached hydrogens (tertiary/aromatic N) is 4. The van der Waals surface area contributed by atoms with Crippen molar-refractivity contribution in [2.45, 2.75) is 33.4 Å². The number of hydrogen-bond donors (Lipinski definition) is 1. The van der Waals surface area contributed by atoms with Crippen LogP contribution in [0.5, 0.6) is 0 Å². The molecule has 0 fully saturated rings. The first-order chi connectivity index (χ1) is 9.00. The molecule has 0 radical (unpaired) electrons. The van der Waals surface area contributed by atoms with Gasteiger partial charge in [-0.3, -0.25) is 4.98 Å². The smallest absolute Gasteiger partial charge is 0.151 e. The van der Waals surface area contributed by atoms with E-state index < -0.39 is 0 Å². The number of nitrogens with two attached hydrogens (primary N) is 1. The Bertz CT molecular complexity index is 544. The normalized spacial score (nSPS) is 11.0. The lowest BCUT2D eigenvalue weighted by molar-refractivity contribution is 0.525. The number of rotatable bonds is 4. The summed E-state index contributed by atoms with van der Waals surface area (Å²) in [5.74, 6) is 0.957. The van der Waals surface area contributed by atoms with Crippen LogP contribution in [0.2, 0.25) is 0 Å². The van der Waals surface area contributed by atoms with Crippen LogP contribution in [0.4, 0.5) is 11.5 Å². The summed E-state index contributed by atoms with van der Waals surface area (Å²) < 4.78 is 1.97. The van der Waals surface area contributed by atoms with Crippen molar-refractivity contribution < 1.29 is 0 Å². The van der Waals surface area contributed by atoms with Gasteiger partial charge in [0, 0.05) is 19.3 Å². The molecule has 2 N–H and O–H groups in total. The first-order valence-electron chi connectivity index (χ1n) is 6.46. The molecule has 5 heteroatoms. The highest BCUT2D eigenvalue weighted by molar-refractivity contribution is 5.66. The number of pyridine rings is 1. The zero-order valence-corrected chi connectivity index (χ0v) is 12.0. The number of anilines is 2. The topological polar surface area (TPSA) is 60.0 Å². The van der Waals surface area contributed by atoms with E-state index in [1.165, 1.54) is 0 Å². The van der Waals surface area contributed by atoms with Crippen LogP contribution in [-0.4, -0.2) is 21.8 Å². The molecule has 0 bridgehead atoms. The fourth-order valence-corrected chi connectivity index (χ4v) is 2.10. The molecule has 2 aromatic heterocycles. The molecule has 0 spiro atoms. The SMILES string of the molecule is Cc1nn(C(C)C)c(N(C)Cc2ccccn2)c1N. The Labute approximate surface area is 114 Å². The molecule has 2 rings (SSSR count). The molecule has 0 aliphatic heterocycles. The van der Waals surface area contributed by atoms with Crippen molar-refractivity contribution in [2.75, 3.05) is 17.7 Å². The van der Waals surface area contributed by atoms with Gasteiger partial charge in [-0.15, -0.1) is 0 Å². The van der Waals surface area contributed by atoms with Crippen molar-refractivity contribution in [2.24, 2.45) is 0 Å². The zero-order valence-electron chi connectivity index (χ0n) is 12.0. The van der Waals surface area contributed by atoms with E-state index in [1.54, 1.807) is 6.20 Å². The average molecular weight is 259 g/mol. The molecule has 0 saturated heterocycles. The maximum Gasteiger partial charge on any atom is 0.151 e. The minimum Gasteiger partial charge on any atom is -0.394 e. The second-order valence-electron chi connectivity index (χ2n) is 5.04. The number of hydrogen-bond acceptors (Lipinski definition) is 4. The van der Waals surface area contributed by atoms with Gasteiger partial charge < -0.3 is 10.6 Å². The second-order valence-corrected chi connectivity index (χ2v) is 5.04. The second kappa shape index (κ2) is 5.30. The van der Waals surface area contributed by atoms with Crippen LogP contribution in [0, 0.1) is 6.92 Å². The van der Waals surface area contributed by atoms with Gasteiger partial charge in [-0.2, -0.15) is 5.10 Å². The lowest BCUT2D eigenvalue weighted by Gasteiger charge is -2.22. The predicted molar refractivity (Wildman–Crippen MR) is 78.1 cm³/mol. The van der Waals surface area contributed by atoms with E-state index in [0.717, 1.165) is 22.9 Å². The van der Waals surface area contributed by atoms with E-state index in [0.29, 0.717) is 6.54 Å². The van der Waals surface area contributed by atoms with Crippen LogP contribution in [0.25, 0.3) is 0 Å². The minimum absolute atomic E-state index is 0.275. The van der Waals surface area contributed by atoms with Crippen molar-refractivity contribution in [3.05, 3.63) is 35.8 Å². The fourth-order valence-electron chi connectivity index (χ4n) is 2.10. The molecule has 0 unspecified atom stereocenters. The van der Waals surface area contributed by atoms with E-state index in [1.807, 2.05) is 36.9 Å². The van der Waals surface area contributed by atoms with E-state index in [2.05, 4.69) is 28.8 Å². The van der Waals surface area contributed by atoms with Crippen LogP contribution < -0.4 is 10.6 Å². The number of nitrogen functional groups attached to an aromatic ring is 1. The standard InChI is InChI=1S/C14H21N5/c1-10(2)19-14(13(15)11(3)17-19)18(4)9-12-7-5-6-8-16-12/h5-8,10H,9,15H2,1-4H3. The van der Waals surface area contributed by atoms with Gasteiger partial charge in [0.2, 0.25) is 0 Å². The van der Waals surface area contributed by atoms with Crippen molar-refractivity contribution in [1.29, 1.82) is 0 Å². The molecule has 0 amide bonds. The Kier molecular flexibility index (Phi) is 3.74. The summed E-state index contributed by atoms with van der Waals surface area (Å²) in [5.41, 5.74) is 8.78. The number of aryl methyl sites for hydroxylation is 1. The van der Waals surface area contributed by atoms with Crippen LogP contribution in [-0.2, 0) is 6.54 Å². The van der Waals surface area contributed by atoms with Gasteiger partial charge in [0.25, 0.3) is 0 Å². The van der Waals surface area contributed by atoms with Gasteiger partial charge in [-0.25, -0.2) is 4.68 Å². The van der Waals surface area contributed by atoms with E-state index >= 15 is 0 Å². The monoisotopic (exact) mass is 259 g/mol. The van der Waals surface area contributed by atoms with Gasteiger partial charge in [0.1, 0.15) is 0 Å². The van der Waals surface area contributed by atoms with Crippen molar-refractivity contribution in [3.8, 4) is 0 Å². The van der Waals surface area contributed by atoms with Crippen LogP contribution in [0.3, 0.4) is 0 Å². The predicted octanol–water partition coefficient (Wildman–Crippen LogP) is 2.39. The maximum absolute atomic E-state index is 6.15. The highest BCUT2D eigenvalue weighted by atomic mass is 15.4. The van der Waals surface area contributed by atoms with Crippen molar-refractivity contribution >= 4 is 11.5 Å². The van der Waals surface area contributed by atoms with Gasteiger partial charge in [-0.05, 0) is 32.9 Å². The molecular weight excluding hydrogens is 238 g/mol. The minimum atomic E-state index is 0.275. The van der Waals surface area contributed by atoms with E-state index in [9.17, 15) is 0 Å². The Morgan fingerprint density at radius 1 is 1.37 bits per heavy atom. The lowest BCUT2D eigenvalue weighted by Crippen LogP contribution is -2.22. The Hall–Kier alpha value is -2.04. The first kappa shape index (κ1) is 13.4. The summed E-state index contributed by atoms with van der Waals surface area (Å²) in [5, 5.41) is 4.50. The van der Waals surface area contributed by atoms with Crippen LogP contribution in [0.15, 0.2) is 24.4 Å². The number of aromatic nitrogens is 3. The molecule has 0 aliphatic rings. The summed E-state index contributed by atoms with van der Waals surface area (Å²) in [6.45, 7) is 6.85. The van der Waals surface area contributed by atoms with Crippen molar-refractivity contribution in [3.63, 3.8) is 0 Å². The molecule has 2 aromatic rings. The Morgan fingerprint density at radius 2 is 2.11 bits per heavy atom. The Balaban J connectivity index is 2.31. The van der Waals surface area contributed by atoms with E-state index in [4.69, 9.17) is 5.73 Å². The lowest BCUT2D eigenvalue weighted by atomic mass is 10.3. The summed E-state index contributed by atoms with van der Waals surface area (Å²) in [7, 11) is 2.01. The molecule has 5 nitrogen and oxygen atoms in total. The molecule has 0 aliphatic carbocycles. The molecule has 102 valence electrons. The van der Waals surface area contributed by atoms with Crippen LogP contribution >= 0.6 is 0 Å². The molecule has 19 heavy (non-hydrogen) atoms. The largest absolute Gasteiger partial charge is 0.394 e. The van der Waals surface area contributed by atoms with Gasteiger partial charge >= 0.3 is 0 Å².